The minimum atomic E-state index is -0.524. The van der Waals surface area contributed by atoms with Crippen LogP contribution in [-0.2, 0) is 7.05 Å². The zero-order chi connectivity index (χ0) is 15.4. The van der Waals surface area contributed by atoms with Crippen LogP contribution >= 0.6 is 0 Å². The lowest BCUT2D eigenvalue weighted by Crippen LogP contribution is -2.16. The second-order valence-corrected chi connectivity index (χ2v) is 4.78. The van der Waals surface area contributed by atoms with Crippen LogP contribution in [0.4, 0.5) is 10.5 Å². The number of hydrogen-bond acceptors (Lipinski definition) is 3. The van der Waals surface area contributed by atoms with E-state index >= 15 is 0 Å². The third kappa shape index (κ3) is 3.32. The largest absolute Gasteiger partial charge is 0.417 e. The van der Waals surface area contributed by atoms with Crippen molar-refractivity contribution < 1.29 is 9.53 Å². The van der Waals surface area contributed by atoms with E-state index in [0.29, 0.717) is 11.4 Å². The number of ether oxygens (including phenoxy) is 1. The number of amides is 1. The molecule has 0 aliphatic rings. The van der Waals surface area contributed by atoms with Crippen LogP contribution in [0.1, 0.15) is 0 Å². The van der Waals surface area contributed by atoms with Crippen molar-refractivity contribution in [1.82, 2.24) is 9.78 Å². The van der Waals surface area contributed by atoms with Crippen LogP contribution in [0.3, 0.4) is 0 Å². The maximum Gasteiger partial charge on any atom is 0.417 e. The molecule has 0 fully saturated rings. The molecule has 0 spiro atoms. The first-order chi connectivity index (χ1) is 10.7. The van der Waals surface area contributed by atoms with Crippen molar-refractivity contribution in [1.29, 1.82) is 0 Å². The molecule has 3 aromatic rings. The molecule has 110 valence electrons. The van der Waals surface area contributed by atoms with E-state index in [2.05, 4.69) is 10.4 Å². The summed E-state index contributed by atoms with van der Waals surface area (Å²) in [4.78, 5) is 11.9. The van der Waals surface area contributed by atoms with Gasteiger partial charge in [-0.05, 0) is 30.3 Å². The molecule has 5 nitrogen and oxygen atoms in total. The fraction of sp³-hybridized carbons (Fsp3) is 0.0588. The Labute approximate surface area is 128 Å². The van der Waals surface area contributed by atoms with Crippen LogP contribution in [0.2, 0.25) is 0 Å². The van der Waals surface area contributed by atoms with Crippen LogP contribution in [0.15, 0.2) is 66.9 Å². The highest BCUT2D eigenvalue weighted by molar-refractivity contribution is 5.87. The number of aromatic nitrogens is 2. The van der Waals surface area contributed by atoms with Crippen LogP contribution in [-0.4, -0.2) is 15.9 Å². The van der Waals surface area contributed by atoms with Crippen LogP contribution < -0.4 is 10.1 Å². The van der Waals surface area contributed by atoms with Gasteiger partial charge in [0.25, 0.3) is 0 Å². The lowest BCUT2D eigenvalue weighted by molar-refractivity contribution is 0.215. The van der Waals surface area contributed by atoms with E-state index < -0.39 is 6.09 Å². The maximum atomic E-state index is 11.9. The van der Waals surface area contributed by atoms with E-state index in [1.165, 1.54) is 0 Å². The van der Waals surface area contributed by atoms with Crippen LogP contribution in [0.5, 0.6) is 5.75 Å². The van der Waals surface area contributed by atoms with E-state index in [4.69, 9.17) is 4.74 Å². The smallest absolute Gasteiger partial charge is 0.410 e. The molecule has 0 bridgehead atoms. The first kappa shape index (κ1) is 13.9. The fourth-order valence-corrected chi connectivity index (χ4v) is 2.06. The summed E-state index contributed by atoms with van der Waals surface area (Å²) in [7, 11) is 1.86. The first-order valence-corrected chi connectivity index (χ1v) is 6.85. The van der Waals surface area contributed by atoms with Gasteiger partial charge in [-0.25, -0.2) is 4.79 Å². The van der Waals surface area contributed by atoms with Gasteiger partial charge in [-0.15, -0.1) is 0 Å². The maximum absolute atomic E-state index is 11.9. The summed E-state index contributed by atoms with van der Waals surface area (Å²) < 4.78 is 6.93. The highest BCUT2D eigenvalue weighted by Crippen LogP contribution is 2.21. The van der Waals surface area contributed by atoms with Crippen LogP contribution in [0, 0.1) is 0 Å². The molecule has 1 amide bonds. The first-order valence-electron chi connectivity index (χ1n) is 6.85. The van der Waals surface area contributed by atoms with Gasteiger partial charge in [0.15, 0.2) is 0 Å². The SMILES string of the molecule is Cn1ccc(-c2cccc(NC(=O)Oc3ccccc3)c2)n1. The zero-order valence-electron chi connectivity index (χ0n) is 12.1. The number of nitrogens with zero attached hydrogens (tertiary/aromatic N) is 2. The quantitative estimate of drug-likeness (QED) is 0.801. The second-order valence-electron chi connectivity index (χ2n) is 4.78. The molecule has 0 aliphatic heterocycles. The molecule has 1 heterocycles. The van der Waals surface area contributed by atoms with E-state index in [1.807, 2.05) is 55.7 Å². The molecule has 3 rings (SSSR count). The number of nitrogens with one attached hydrogen (secondary N) is 1. The van der Waals surface area contributed by atoms with Crippen molar-refractivity contribution in [3.05, 3.63) is 66.9 Å². The molecule has 0 unspecified atom stereocenters. The predicted molar refractivity (Wildman–Crippen MR) is 84.7 cm³/mol. The Balaban J connectivity index is 1.71. The molecular weight excluding hydrogens is 278 g/mol. The standard InChI is InChI=1S/C17H15N3O2/c1-20-11-10-16(19-20)13-6-5-7-14(12-13)18-17(21)22-15-8-3-2-4-9-15/h2-12H,1H3,(H,18,21). The second kappa shape index (κ2) is 6.13. The zero-order valence-corrected chi connectivity index (χ0v) is 12.1. The molecule has 0 saturated heterocycles. The Morgan fingerprint density at radius 3 is 2.64 bits per heavy atom. The van der Waals surface area contributed by atoms with E-state index in [0.717, 1.165) is 11.3 Å². The summed E-state index contributed by atoms with van der Waals surface area (Å²) in [5.74, 6) is 0.501. The Kier molecular flexibility index (Phi) is 3.87. The number of hydrogen-bond donors (Lipinski definition) is 1. The van der Waals surface area contributed by atoms with Crippen molar-refractivity contribution in [3.63, 3.8) is 0 Å². The Hall–Kier alpha value is -3.08. The topological polar surface area (TPSA) is 56.2 Å². The summed E-state index contributed by atoms with van der Waals surface area (Å²) in [6.45, 7) is 0. The number of carbonyl (C=O) groups excluding carboxylic acids is 1. The normalized spacial score (nSPS) is 10.2. The van der Waals surface area contributed by atoms with Crippen molar-refractivity contribution in [2.24, 2.45) is 7.05 Å². The highest BCUT2D eigenvalue weighted by Gasteiger charge is 2.07. The third-order valence-electron chi connectivity index (χ3n) is 3.07. The van der Waals surface area contributed by atoms with Crippen molar-refractivity contribution in [3.8, 4) is 17.0 Å². The lowest BCUT2D eigenvalue weighted by atomic mass is 10.1. The average molecular weight is 293 g/mol. The molecule has 5 heteroatoms. The minimum Gasteiger partial charge on any atom is -0.410 e. The molecule has 1 aromatic heterocycles. The van der Waals surface area contributed by atoms with Crippen molar-refractivity contribution >= 4 is 11.8 Å². The molecule has 0 atom stereocenters. The van der Waals surface area contributed by atoms with Crippen molar-refractivity contribution in [2.45, 2.75) is 0 Å². The average Bonchev–Trinajstić information content (AvgIpc) is 2.95. The summed E-state index contributed by atoms with van der Waals surface area (Å²) in [6.07, 6.45) is 1.35. The van der Waals surface area contributed by atoms with Gasteiger partial charge in [0, 0.05) is 24.5 Å². The Bertz CT molecular complexity index is 781. The van der Waals surface area contributed by atoms with E-state index in [9.17, 15) is 4.79 Å². The third-order valence-corrected chi connectivity index (χ3v) is 3.07. The number of aryl methyl sites for hydroxylation is 1. The summed E-state index contributed by atoms with van der Waals surface area (Å²) in [5.41, 5.74) is 2.43. The van der Waals surface area contributed by atoms with Gasteiger partial charge < -0.3 is 4.74 Å². The number of rotatable bonds is 3. The van der Waals surface area contributed by atoms with Crippen molar-refractivity contribution in [2.75, 3.05) is 5.32 Å². The minimum absolute atomic E-state index is 0.501. The van der Waals surface area contributed by atoms with Gasteiger partial charge in [0.1, 0.15) is 5.75 Å². The number of benzene rings is 2. The monoisotopic (exact) mass is 293 g/mol. The van der Waals surface area contributed by atoms with Gasteiger partial charge in [-0.3, -0.25) is 10.00 Å². The Morgan fingerprint density at radius 2 is 1.91 bits per heavy atom. The molecule has 0 aliphatic carbocycles. The molecule has 0 radical (unpaired) electrons. The summed E-state index contributed by atoms with van der Waals surface area (Å²) in [5, 5.41) is 7.05. The molecule has 2 aromatic carbocycles. The van der Waals surface area contributed by atoms with Crippen LogP contribution in [0.25, 0.3) is 11.3 Å². The number of anilines is 1. The molecule has 22 heavy (non-hydrogen) atoms. The van der Waals surface area contributed by atoms with Gasteiger partial charge >= 0.3 is 6.09 Å². The van der Waals surface area contributed by atoms with Gasteiger partial charge in [0.05, 0.1) is 5.69 Å². The molecular formula is C17H15N3O2. The lowest BCUT2D eigenvalue weighted by Gasteiger charge is -2.07. The summed E-state index contributed by atoms with van der Waals surface area (Å²) in [6, 6.07) is 18.3. The number of para-hydroxylation sites is 1. The Morgan fingerprint density at radius 1 is 1.09 bits per heavy atom. The van der Waals surface area contributed by atoms with E-state index in [1.54, 1.807) is 22.9 Å². The highest BCUT2D eigenvalue weighted by atomic mass is 16.6. The summed E-state index contributed by atoms with van der Waals surface area (Å²) >= 11 is 0. The number of carbonyl (C=O) groups is 1. The van der Waals surface area contributed by atoms with Gasteiger partial charge in [-0.2, -0.15) is 5.10 Å². The molecule has 1 N–H and O–H groups in total. The van der Waals surface area contributed by atoms with Gasteiger partial charge in [0.2, 0.25) is 0 Å². The van der Waals surface area contributed by atoms with E-state index in [-0.39, 0.29) is 0 Å². The fourth-order valence-electron chi connectivity index (χ4n) is 2.06. The molecule has 0 saturated carbocycles. The van der Waals surface area contributed by atoms with Gasteiger partial charge in [-0.1, -0.05) is 30.3 Å². The predicted octanol–water partition coefficient (Wildman–Crippen LogP) is 3.70.